The Hall–Kier alpha value is -3.36. The van der Waals surface area contributed by atoms with E-state index < -0.39 is 5.91 Å². The minimum absolute atomic E-state index is 0.329. The van der Waals surface area contributed by atoms with E-state index in [9.17, 15) is 4.79 Å². The number of piperazine rings is 1. The number of aromatic nitrogens is 2. The van der Waals surface area contributed by atoms with Crippen LogP contribution in [0.4, 0.5) is 28.8 Å². The number of hydrogen-bond donors (Lipinski definition) is 3. The summed E-state index contributed by atoms with van der Waals surface area (Å²) in [7, 11) is 2.14. The third kappa shape index (κ3) is 5.04. The van der Waals surface area contributed by atoms with Crippen molar-refractivity contribution in [2.75, 3.05) is 48.8 Å². The lowest BCUT2D eigenvalue weighted by atomic mass is 10.1. The van der Waals surface area contributed by atoms with Crippen LogP contribution in [0.3, 0.4) is 0 Å². The van der Waals surface area contributed by atoms with Crippen molar-refractivity contribution in [1.29, 1.82) is 0 Å². The SMILES string of the molecule is CN1CCN(c2ccc(Nc3ncc(Cl)c(Nc4ccccc4C(N)=O)n3)cc2)CC1. The first kappa shape index (κ1) is 20.9. The summed E-state index contributed by atoms with van der Waals surface area (Å²) in [6.07, 6.45) is 1.50. The Labute approximate surface area is 186 Å². The van der Waals surface area contributed by atoms with Crippen LogP contribution in [0.15, 0.2) is 54.7 Å². The fourth-order valence-electron chi connectivity index (χ4n) is 3.40. The fourth-order valence-corrected chi connectivity index (χ4v) is 3.54. The first-order valence-corrected chi connectivity index (χ1v) is 10.4. The molecule has 1 aromatic heterocycles. The first-order chi connectivity index (χ1) is 15.0. The summed E-state index contributed by atoms with van der Waals surface area (Å²) in [4.78, 5) is 25.1. The monoisotopic (exact) mass is 437 g/mol. The standard InChI is InChI=1S/C22H24ClN7O/c1-29-10-12-30(13-11-29)16-8-6-15(7-9-16)26-22-25-14-18(23)21(28-22)27-19-5-3-2-4-17(19)20(24)31/h2-9,14H,10-13H2,1H3,(H2,24,31)(H2,25,26,27,28). The van der Waals surface area contributed by atoms with Crippen molar-refractivity contribution in [3.05, 3.63) is 65.3 Å². The second kappa shape index (κ2) is 9.20. The number of para-hydroxylation sites is 1. The van der Waals surface area contributed by atoms with Crippen LogP contribution >= 0.6 is 11.6 Å². The zero-order valence-corrected chi connectivity index (χ0v) is 17.9. The van der Waals surface area contributed by atoms with Gasteiger partial charge < -0.3 is 26.2 Å². The molecule has 1 fully saturated rings. The van der Waals surface area contributed by atoms with Crippen LogP contribution in [-0.2, 0) is 0 Å². The molecule has 9 heteroatoms. The number of benzene rings is 2. The molecule has 2 heterocycles. The van der Waals surface area contributed by atoms with Gasteiger partial charge in [0, 0.05) is 37.6 Å². The molecule has 0 radical (unpaired) electrons. The van der Waals surface area contributed by atoms with Crippen LogP contribution in [0.25, 0.3) is 0 Å². The van der Waals surface area contributed by atoms with E-state index in [0.717, 1.165) is 31.9 Å². The smallest absolute Gasteiger partial charge is 0.250 e. The second-order valence-electron chi connectivity index (χ2n) is 7.39. The Morgan fingerprint density at radius 3 is 2.45 bits per heavy atom. The normalized spacial score (nSPS) is 14.3. The van der Waals surface area contributed by atoms with Gasteiger partial charge in [-0.15, -0.1) is 0 Å². The van der Waals surface area contributed by atoms with Crippen LogP contribution in [0.2, 0.25) is 5.02 Å². The predicted octanol–water partition coefficient (Wildman–Crippen LogP) is 3.47. The Morgan fingerprint density at radius 2 is 1.74 bits per heavy atom. The molecular weight excluding hydrogens is 414 g/mol. The molecule has 0 unspecified atom stereocenters. The van der Waals surface area contributed by atoms with E-state index >= 15 is 0 Å². The quantitative estimate of drug-likeness (QED) is 0.543. The van der Waals surface area contributed by atoms with E-state index in [1.165, 1.54) is 11.9 Å². The van der Waals surface area contributed by atoms with Gasteiger partial charge in [0.2, 0.25) is 5.95 Å². The van der Waals surface area contributed by atoms with Gasteiger partial charge in [-0.3, -0.25) is 4.79 Å². The number of likely N-dealkylation sites (N-methyl/N-ethyl adjacent to an activating group) is 1. The third-order valence-corrected chi connectivity index (χ3v) is 5.46. The van der Waals surface area contributed by atoms with Gasteiger partial charge >= 0.3 is 0 Å². The van der Waals surface area contributed by atoms with Crippen LogP contribution in [0.1, 0.15) is 10.4 Å². The Morgan fingerprint density at radius 1 is 1.03 bits per heavy atom. The van der Waals surface area contributed by atoms with Crippen molar-refractivity contribution in [1.82, 2.24) is 14.9 Å². The van der Waals surface area contributed by atoms with Crippen molar-refractivity contribution >= 4 is 46.3 Å². The average molecular weight is 438 g/mol. The van der Waals surface area contributed by atoms with Crippen LogP contribution < -0.4 is 21.3 Å². The molecule has 2 aromatic carbocycles. The fraction of sp³-hybridized carbons (Fsp3) is 0.227. The van der Waals surface area contributed by atoms with E-state index in [1.807, 2.05) is 12.1 Å². The number of hydrogen-bond acceptors (Lipinski definition) is 7. The summed E-state index contributed by atoms with van der Waals surface area (Å²) in [5, 5.41) is 6.59. The van der Waals surface area contributed by atoms with E-state index in [2.05, 4.69) is 49.6 Å². The number of primary amides is 1. The zero-order valence-electron chi connectivity index (χ0n) is 17.2. The molecular formula is C22H24ClN7O. The van der Waals surface area contributed by atoms with Crippen molar-refractivity contribution in [2.24, 2.45) is 5.73 Å². The maximum absolute atomic E-state index is 11.7. The number of nitrogens with one attached hydrogen (secondary N) is 2. The van der Waals surface area contributed by atoms with Crippen molar-refractivity contribution in [2.45, 2.75) is 0 Å². The summed E-state index contributed by atoms with van der Waals surface area (Å²) >= 11 is 6.26. The number of carbonyl (C=O) groups excluding carboxylic acids is 1. The minimum atomic E-state index is -0.535. The topological polar surface area (TPSA) is 99.4 Å². The van der Waals surface area contributed by atoms with E-state index in [-0.39, 0.29) is 0 Å². The molecule has 1 aliphatic rings. The van der Waals surface area contributed by atoms with Gasteiger partial charge in [0.15, 0.2) is 5.82 Å². The highest BCUT2D eigenvalue weighted by Gasteiger charge is 2.14. The van der Waals surface area contributed by atoms with Gasteiger partial charge in [0.05, 0.1) is 17.4 Å². The Balaban J connectivity index is 1.48. The number of anilines is 5. The largest absolute Gasteiger partial charge is 0.369 e. The lowest BCUT2D eigenvalue weighted by Crippen LogP contribution is -2.44. The summed E-state index contributed by atoms with van der Waals surface area (Å²) < 4.78 is 0. The van der Waals surface area contributed by atoms with Gasteiger partial charge in [-0.05, 0) is 43.4 Å². The lowest BCUT2D eigenvalue weighted by Gasteiger charge is -2.34. The van der Waals surface area contributed by atoms with Crippen LogP contribution in [0, 0.1) is 0 Å². The van der Waals surface area contributed by atoms with E-state index in [1.54, 1.807) is 24.3 Å². The third-order valence-electron chi connectivity index (χ3n) is 5.18. The number of nitrogens with zero attached hydrogens (tertiary/aromatic N) is 4. The number of carbonyl (C=O) groups is 1. The molecule has 0 atom stereocenters. The second-order valence-corrected chi connectivity index (χ2v) is 7.79. The highest BCUT2D eigenvalue weighted by molar-refractivity contribution is 6.33. The molecule has 1 amide bonds. The summed E-state index contributed by atoms with van der Waals surface area (Å²) in [5.74, 6) is 0.227. The molecule has 4 rings (SSSR count). The van der Waals surface area contributed by atoms with E-state index in [0.29, 0.717) is 28.0 Å². The highest BCUT2D eigenvalue weighted by Crippen LogP contribution is 2.27. The lowest BCUT2D eigenvalue weighted by molar-refractivity contribution is 0.100. The molecule has 31 heavy (non-hydrogen) atoms. The van der Waals surface area contributed by atoms with E-state index in [4.69, 9.17) is 17.3 Å². The van der Waals surface area contributed by atoms with Gasteiger partial charge in [0.25, 0.3) is 5.91 Å². The maximum Gasteiger partial charge on any atom is 0.250 e. The molecule has 4 N–H and O–H groups in total. The molecule has 1 aliphatic heterocycles. The average Bonchev–Trinajstić information content (AvgIpc) is 2.77. The zero-order chi connectivity index (χ0) is 21.8. The molecule has 160 valence electrons. The molecule has 3 aromatic rings. The summed E-state index contributed by atoms with van der Waals surface area (Å²) in [6, 6.07) is 15.1. The van der Waals surface area contributed by atoms with Crippen molar-refractivity contribution < 1.29 is 4.79 Å². The number of amides is 1. The minimum Gasteiger partial charge on any atom is -0.369 e. The molecule has 0 bridgehead atoms. The molecule has 1 saturated heterocycles. The number of nitrogens with two attached hydrogens (primary N) is 1. The van der Waals surface area contributed by atoms with Gasteiger partial charge in [-0.25, -0.2) is 4.98 Å². The van der Waals surface area contributed by atoms with Crippen molar-refractivity contribution in [3.8, 4) is 0 Å². The maximum atomic E-state index is 11.7. The molecule has 0 aliphatic carbocycles. The van der Waals surface area contributed by atoms with Gasteiger partial charge in [-0.2, -0.15) is 4.98 Å². The Bertz CT molecular complexity index is 1070. The van der Waals surface area contributed by atoms with Crippen LogP contribution in [0.5, 0.6) is 0 Å². The molecule has 0 saturated carbocycles. The van der Waals surface area contributed by atoms with Crippen molar-refractivity contribution in [3.63, 3.8) is 0 Å². The molecule has 0 spiro atoms. The number of halogens is 1. The number of rotatable bonds is 6. The van der Waals surface area contributed by atoms with Gasteiger partial charge in [-0.1, -0.05) is 23.7 Å². The van der Waals surface area contributed by atoms with Crippen LogP contribution in [-0.4, -0.2) is 54.0 Å². The highest BCUT2D eigenvalue weighted by atomic mass is 35.5. The van der Waals surface area contributed by atoms with Gasteiger partial charge in [0.1, 0.15) is 5.02 Å². The predicted molar refractivity (Wildman–Crippen MR) is 125 cm³/mol. The summed E-state index contributed by atoms with van der Waals surface area (Å²) in [5.41, 5.74) is 8.39. The molecule has 8 nitrogen and oxygen atoms in total. The summed E-state index contributed by atoms with van der Waals surface area (Å²) in [6.45, 7) is 4.16. The first-order valence-electron chi connectivity index (χ1n) is 9.98. The Kier molecular flexibility index (Phi) is 6.20.